The van der Waals surface area contributed by atoms with Crippen molar-refractivity contribution in [1.29, 1.82) is 0 Å². The minimum atomic E-state index is -0.315. The van der Waals surface area contributed by atoms with Crippen molar-refractivity contribution >= 4 is 12.0 Å². The Morgan fingerprint density at radius 1 is 0.969 bits per heavy atom. The molecule has 0 radical (unpaired) electrons. The first-order valence-electron chi connectivity index (χ1n) is 12.3. The normalized spacial score (nSPS) is 28.2. The summed E-state index contributed by atoms with van der Waals surface area (Å²) in [7, 11) is 0. The summed E-state index contributed by atoms with van der Waals surface area (Å²) in [4.78, 5) is 8.02. The summed E-state index contributed by atoms with van der Waals surface area (Å²) in [6.07, 6.45) is 9.53. The third kappa shape index (κ3) is 3.81. The van der Waals surface area contributed by atoms with Gasteiger partial charge < -0.3 is 4.74 Å². The molecular formula is C29H36N2O. The molecule has 5 rings (SSSR count). The molecule has 32 heavy (non-hydrogen) atoms. The molecule has 0 amide bonds. The van der Waals surface area contributed by atoms with Gasteiger partial charge in [-0.05, 0) is 54.5 Å². The molecule has 168 valence electrons. The van der Waals surface area contributed by atoms with Crippen molar-refractivity contribution in [1.82, 2.24) is 4.90 Å². The molecule has 1 fully saturated rings. The number of nitrogens with zero attached hydrogens (tertiary/aromatic N) is 2. The lowest BCUT2D eigenvalue weighted by atomic mass is 9.65. The molecule has 0 bridgehead atoms. The summed E-state index contributed by atoms with van der Waals surface area (Å²) >= 11 is 0. The predicted octanol–water partition coefficient (Wildman–Crippen LogP) is 5.89. The van der Waals surface area contributed by atoms with Crippen LogP contribution in [0.3, 0.4) is 0 Å². The Kier molecular flexibility index (Phi) is 5.71. The van der Waals surface area contributed by atoms with Crippen molar-refractivity contribution in [2.45, 2.75) is 64.0 Å². The summed E-state index contributed by atoms with van der Waals surface area (Å²) in [5.41, 5.74) is 3.76. The minimum Gasteiger partial charge on any atom is -0.478 e. The first kappa shape index (κ1) is 21.5. The van der Waals surface area contributed by atoms with Crippen molar-refractivity contribution in [2.24, 2.45) is 10.4 Å². The first-order chi connectivity index (χ1) is 15.5. The average molecular weight is 429 g/mol. The van der Waals surface area contributed by atoms with Crippen LogP contribution < -0.4 is 0 Å². The van der Waals surface area contributed by atoms with Crippen molar-refractivity contribution in [3.05, 3.63) is 77.4 Å². The van der Waals surface area contributed by atoms with Crippen molar-refractivity contribution in [3.8, 4) is 0 Å². The fraction of sp³-hybridized carbons (Fsp3) is 0.483. The van der Waals surface area contributed by atoms with Gasteiger partial charge in [-0.25, -0.2) is 4.99 Å². The van der Waals surface area contributed by atoms with Gasteiger partial charge in [-0.2, -0.15) is 0 Å². The van der Waals surface area contributed by atoms with Gasteiger partial charge in [-0.1, -0.05) is 93.9 Å². The number of benzene rings is 2. The molecule has 2 heterocycles. The third-order valence-electron chi connectivity index (χ3n) is 7.55. The Morgan fingerprint density at radius 3 is 2.41 bits per heavy atom. The highest BCUT2D eigenvalue weighted by Gasteiger charge is 2.52. The standard InChI is InChI=1S/C29H36N2O/c1-28(2,3)25-21-32-27(30-25)29(20-22-12-6-4-7-13-22)24-15-9-8-14-23(24)16-17-26(29)31-18-10-5-11-19-31/h4,6-9,12-17,25-26H,5,10-11,18-21H2,1-3H3/t25-,26+,29-/m1/s1. The maximum atomic E-state index is 6.57. The molecule has 2 aromatic carbocycles. The minimum absolute atomic E-state index is 0.0837. The number of hydrogen-bond acceptors (Lipinski definition) is 3. The molecule has 0 aromatic heterocycles. The van der Waals surface area contributed by atoms with E-state index in [-0.39, 0.29) is 22.9 Å². The van der Waals surface area contributed by atoms with E-state index in [2.05, 4.69) is 92.4 Å². The Balaban J connectivity index is 1.70. The highest BCUT2D eigenvalue weighted by molar-refractivity contribution is 5.93. The van der Waals surface area contributed by atoms with E-state index in [1.165, 1.54) is 36.0 Å². The third-order valence-corrected chi connectivity index (χ3v) is 7.55. The van der Waals surface area contributed by atoms with Gasteiger partial charge in [-0.15, -0.1) is 0 Å². The molecule has 3 nitrogen and oxygen atoms in total. The maximum Gasteiger partial charge on any atom is 0.197 e. The van der Waals surface area contributed by atoms with Gasteiger partial charge in [0, 0.05) is 6.04 Å². The largest absolute Gasteiger partial charge is 0.478 e. The van der Waals surface area contributed by atoms with Crippen LogP contribution in [0.5, 0.6) is 0 Å². The lowest BCUT2D eigenvalue weighted by Crippen LogP contribution is -2.58. The molecule has 0 unspecified atom stereocenters. The average Bonchev–Trinajstić information content (AvgIpc) is 3.32. The van der Waals surface area contributed by atoms with Crippen LogP contribution >= 0.6 is 0 Å². The smallest absolute Gasteiger partial charge is 0.197 e. The lowest BCUT2D eigenvalue weighted by Gasteiger charge is -2.48. The van der Waals surface area contributed by atoms with E-state index in [1.807, 2.05) is 0 Å². The van der Waals surface area contributed by atoms with E-state index >= 15 is 0 Å². The van der Waals surface area contributed by atoms with E-state index in [4.69, 9.17) is 9.73 Å². The number of ether oxygens (including phenoxy) is 1. The number of fused-ring (bicyclic) bond motifs is 1. The summed E-state index contributed by atoms with van der Waals surface area (Å²) in [6, 6.07) is 20.2. The Hall–Kier alpha value is -2.39. The molecular weight excluding hydrogens is 392 g/mol. The number of aliphatic imine (C=N–C) groups is 1. The van der Waals surface area contributed by atoms with Crippen LogP contribution in [0.1, 0.15) is 56.7 Å². The van der Waals surface area contributed by atoms with Gasteiger partial charge in [0.2, 0.25) is 0 Å². The van der Waals surface area contributed by atoms with E-state index in [1.54, 1.807) is 0 Å². The zero-order valence-corrected chi connectivity index (χ0v) is 19.8. The first-order valence-corrected chi connectivity index (χ1v) is 12.3. The lowest BCUT2D eigenvalue weighted by molar-refractivity contribution is 0.137. The summed E-state index contributed by atoms with van der Waals surface area (Å²) < 4.78 is 6.57. The fourth-order valence-electron chi connectivity index (χ4n) is 5.69. The number of hydrogen-bond donors (Lipinski definition) is 0. The van der Waals surface area contributed by atoms with Gasteiger partial charge in [-0.3, -0.25) is 4.90 Å². The maximum absolute atomic E-state index is 6.57. The second-order valence-electron chi connectivity index (χ2n) is 10.7. The van der Waals surface area contributed by atoms with Crippen LogP contribution in [0.2, 0.25) is 0 Å². The summed E-state index contributed by atoms with van der Waals surface area (Å²) in [5.74, 6) is 0.939. The van der Waals surface area contributed by atoms with Gasteiger partial charge in [0.25, 0.3) is 0 Å². The molecule has 3 aliphatic rings. The highest BCUT2D eigenvalue weighted by Crippen LogP contribution is 2.45. The van der Waals surface area contributed by atoms with E-state index in [9.17, 15) is 0 Å². The van der Waals surface area contributed by atoms with Crippen LogP contribution in [0.15, 0.2) is 65.7 Å². The zero-order chi connectivity index (χ0) is 22.2. The van der Waals surface area contributed by atoms with Gasteiger partial charge in [0.1, 0.15) is 6.61 Å². The molecule has 1 aliphatic carbocycles. The Labute approximate surface area is 193 Å². The topological polar surface area (TPSA) is 24.8 Å². The molecule has 3 atom stereocenters. The van der Waals surface area contributed by atoms with E-state index in [0.29, 0.717) is 6.61 Å². The van der Waals surface area contributed by atoms with E-state index < -0.39 is 0 Å². The monoisotopic (exact) mass is 428 g/mol. The van der Waals surface area contributed by atoms with Gasteiger partial charge >= 0.3 is 0 Å². The van der Waals surface area contributed by atoms with Crippen molar-refractivity contribution < 1.29 is 4.74 Å². The molecule has 3 heteroatoms. The molecule has 0 N–H and O–H groups in total. The SMILES string of the molecule is CC(C)(C)[C@H]1COC([C@]2(Cc3ccccc3)c3ccccc3C=C[C@@H]2N2CCCCC2)=N1. The number of rotatable bonds is 4. The predicted molar refractivity (Wildman–Crippen MR) is 133 cm³/mol. The zero-order valence-electron chi connectivity index (χ0n) is 19.8. The van der Waals surface area contributed by atoms with Crippen LogP contribution in [0.4, 0.5) is 0 Å². The van der Waals surface area contributed by atoms with Crippen LogP contribution in [-0.4, -0.2) is 42.6 Å². The van der Waals surface area contributed by atoms with Crippen LogP contribution in [-0.2, 0) is 16.6 Å². The number of piperidine rings is 1. The summed E-state index contributed by atoms with van der Waals surface area (Å²) in [5, 5.41) is 0. The van der Waals surface area contributed by atoms with Crippen molar-refractivity contribution in [3.63, 3.8) is 0 Å². The second-order valence-corrected chi connectivity index (χ2v) is 10.7. The van der Waals surface area contributed by atoms with Crippen LogP contribution in [0.25, 0.3) is 6.08 Å². The molecule has 0 spiro atoms. The fourth-order valence-corrected chi connectivity index (χ4v) is 5.69. The van der Waals surface area contributed by atoms with Gasteiger partial charge in [0.15, 0.2) is 5.90 Å². The molecule has 2 aliphatic heterocycles. The molecule has 2 aromatic rings. The quantitative estimate of drug-likeness (QED) is 0.606. The van der Waals surface area contributed by atoms with Gasteiger partial charge in [0.05, 0.1) is 11.5 Å². The van der Waals surface area contributed by atoms with Crippen LogP contribution in [0, 0.1) is 5.41 Å². The highest BCUT2D eigenvalue weighted by atomic mass is 16.5. The number of likely N-dealkylation sites (tertiary alicyclic amines) is 1. The molecule has 0 saturated carbocycles. The summed E-state index contributed by atoms with van der Waals surface area (Å²) in [6.45, 7) is 9.78. The molecule has 1 saturated heterocycles. The Bertz CT molecular complexity index is 997. The van der Waals surface area contributed by atoms with E-state index in [0.717, 1.165) is 25.4 Å². The second kappa shape index (κ2) is 8.51. The Morgan fingerprint density at radius 2 is 1.69 bits per heavy atom. The van der Waals surface area contributed by atoms with Crippen molar-refractivity contribution in [2.75, 3.05) is 19.7 Å².